The SMILES string of the molecule is C=C/C=C(\C=C)c1ccc(CN(Cc2ccc(CCCCC)cc2)C2CCN(Cc3ccccc3)CC2)cc1. The van der Waals surface area contributed by atoms with Crippen LogP contribution in [0.5, 0.6) is 0 Å². The highest BCUT2D eigenvalue weighted by atomic mass is 15.2. The molecule has 0 amide bonds. The van der Waals surface area contributed by atoms with Crippen molar-refractivity contribution in [1.29, 1.82) is 0 Å². The van der Waals surface area contributed by atoms with Crippen LogP contribution in [0.2, 0.25) is 0 Å². The largest absolute Gasteiger partial charge is 0.299 e. The Morgan fingerprint density at radius 1 is 0.795 bits per heavy atom. The van der Waals surface area contributed by atoms with Crippen LogP contribution in [-0.4, -0.2) is 28.9 Å². The smallest absolute Gasteiger partial charge is 0.0240 e. The fourth-order valence-electron chi connectivity index (χ4n) is 5.67. The lowest BCUT2D eigenvalue weighted by molar-refractivity contribution is 0.0933. The molecule has 4 rings (SSSR count). The van der Waals surface area contributed by atoms with Crippen LogP contribution in [0.15, 0.2) is 110 Å². The number of unbranched alkanes of at least 4 members (excludes halogenated alkanes) is 2. The lowest BCUT2D eigenvalue weighted by Gasteiger charge is -2.39. The maximum atomic E-state index is 3.97. The molecule has 3 aromatic rings. The molecule has 1 fully saturated rings. The molecule has 0 aromatic heterocycles. The summed E-state index contributed by atoms with van der Waals surface area (Å²) in [4.78, 5) is 5.33. The van der Waals surface area contributed by atoms with Gasteiger partial charge in [0.15, 0.2) is 0 Å². The van der Waals surface area contributed by atoms with Crippen LogP contribution in [0.25, 0.3) is 5.57 Å². The van der Waals surface area contributed by atoms with Gasteiger partial charge in [-0.25, -0.2) is 0 Å². The molecule has 1 saturated heterocycles. The first-order chi connectivity index (χ1) is 19.2. The number of allylic oxidation sites excluding steroid dienone is 4. The van der Waals surface area contributed by atoms with Gasteiger partial charge in [0.05, 0.1) is 0 Å². The van der Waals surface area contributed by atoms with Crippen molar-refractivity contribution in [2.45, 2.75) is 71.1 Å². The zero-order chi connectivity index (χ0) is 27.3. The maximum Gasteiger partial charge on any atom is 0.0240 e. The Morgan fingerprint density at radius 3 is 2.00 bits per heavy atom. The summed E-state index contributed by atoms with van der Waals surface area (Å²) in [6, 6.07) is 29.9. The van der Waals surface area contributed by atoms with Gasteiger partial charge >= 0.3 is 0 Å². The van der Waals surface area contributed by atoms with E-state index >= 15 is 0 Å². The predicted molar refractivity (Wildman–Crippen MR) is 168 cm³/mol. The van der Waals surface area contributed by atoms with Crippen molar-refractivity contribution in [3.63, 3.8) is 0 Å². The third-order valence-electron chi connectivity index (χ3n) is 7.99. The van der Waals surface area contributed by atoms with Crippen molar-refractivity contribution in [3.8, 4) is 0 Å². The fourth-order valence-corrected chi connectivity index (χ4v) is 5.67. The highest BCUT2D eigenvalue weighted by molar-refractivity contribution is 5.74. The molecule has 2 heteroatoms. The van der Waals surface area contributed by atoms with Gasteiger partial charge in [-0.2, -0.15) is 0 Å². The zero-order valence-corrected chi connectivity index (χ0v) is 23.9. The van der Waals surface area contributed by atoms with Gasteiger partial charge < -0.3 is 0 Å². The second-order valence-electron chi connectivity index (χ2n) is 10.9. The molecule has 204 valence electrons. The van der Waals surface area contributed by atoms with Crippen LogP contribution in [0.4, 0.5) is 0 Å². The Labute approximate surface area is 237 Å². The first-order valence-corrected chi connectivity index (χ1v) is 14.8. The summed E-state index contributed by atoms with van der Waals surface area (Å²) in [7, 11) is 0. The van der Waals surface area contributed by atoms with Crippen LogP contribution in [0.3, 0.4) is 0 Å². The first kappa shape index (κ1) is 28.8. The number of rotatable bonds is 14. The molecule has 0 unspecified atom stereocenters. The molecule has 0 saturated carbocycles. The van der Waals surface area contributed by atoms with E-state index in [-0.39, 0.29) is 0 Å². The molecule has 0 aliphatic carbocycles. The summed E-state index contributed by atoms with van der Waals surface area (Å²) in [5.74, 6) is 0. The van der Waals surface area contributed by atoms with Crippen LogP contribution in [0.1, 0.15) is 66.8 Å². The molecule has 1 aliphatic heterocycles. The van der Waals surface area contributed by atoms with E-state index in [1.807, 2.05) is 18.2 Å². The Morgan fingerprint density at radius 2 is 1.41 bits per heavy atom. The van der Waals surface area contributed by atoms with Crippen LogP contribution in [-0.2, 0) is 26.1 Å². The lowest BCUT2D eigenvalue weighted by atomic mass is 9.99. The van der Waals surface area contributed by atoms with Crippen LogP contribution < -0.4 is 0 Å². The standard InChI is InChI=1S/C37H46N2/c1-4-7-9-13-31-16-18-33(19-17-31)29-39(30-34-20-22-36(23-21-34)35(6-3)12-5-2)37-24-26-38(27-25-37)28-32-14-10-8-11-15-32/h5-6,8,10-12,14-23,37H,2-4,7,9,13,24-30H2,1H3/b35-12+. The Bertz CT molecular complexity index is 1170. The van der Waals surface area contributed by atoms with Gasteiger partial charge in [0, 0.05) is 25.7 Å². The highest BCUT2D eigenvalue weighted by Gasteiger charge is 2.25. The molecule has 1 aliphatic rings. The topological polar surface area (TPSA) is 6.48 Å². The number of nitrogens with zero attached hydrogens (tertiary/aromatic N) is 2. The Balaban J connectivity index is 1.44. The fraction of sp³-hybridized carbons (Fsp3) is 0.351. The van der Waals surface area contributed by atoms with Crippen molar-refractivity contribution < 1.29 is 0 Å². The third kappa shape index (κ3) is 8.92. The lowest BCUT2D eigenvalue weighted by Crippen LogP contribution is -2.44. The average Bonchev–Trinajstić information content (AvgIpc) is 2.98. The number of hydrogen-bond donors (Lipinski definition) is 0. The summed E-state index contributed by atoms with van der Waals surface area (Å²) >= 11 is 0. The molecular weight excluding hydrogens is 472 g/mol. The predicted octanol–water partition coefficient (Wildman–Crippen LogP) is 8.84. The van der Waals surface area contributed by atoms with Gasteiger partial charge in [0.25, 0.3) is 0 Å². The van der Waals surface area contributed by atoms with Gasteiger partial charge in [-0.05, 0) is 72.2 Å². The summed E-state index contributed by atoms with van der Waals surface area (Å²) in [5, 5.41) is 0. The molecule has 0 radical (unpaired) electrons. The van der Waals surface area contributed by atoms with Crippen molar-refractivity contribution in [2.24, 2.45) is 0 Å². The molecule has 0 N–H and O–H groups in total. The zero-order valence-electron chi connectivity index (χ0n) is 23.9. The van der Waals surface area contributed by atoms with E-state index in [0.29, 0.717) is 6.04 Å². The molecular formula is C37H46N2. The quantitative estimate of drug-likeness (QED) is 0.155. The van der Waals surface area contributed by atoms with E-state index in [1.54, 1.807) is 0 Å². The van der Waals surface area contributed by atoms with Gasteiger partial charge in [0.2, 0.25) is 0 Å². The molecule has 0 spiro atoms. The second kappa shape index (κ2) is 15.4. The second-order valence-corrected chi connectivity index (χ2v) is 10.9. The molecule has 3 aromatic carbocycles. The third-order valence-corrected chi connectivity index (χ3v) is 7.99. The Hall–Kier alpha value is -3.20. The summed E-state index contributed by atoms with van der Waals surface area (Å²) < 4.78 is 0. The monoisotopic (exact) mass is 518 g/mol. The maximum absolute atomic E-state index is 3.97. The van der Waals surface area contributed by atoms with Crippen LogP contribution in [0, 0.1) is 0 Å². The Kier molecular flexibility index (Phi) is 11.4. The van der Waals surface area contributed by atoms with E-state index in [1.165, 1.54) is 66.3 Å². The van der Waals surface area contributed by atoms with Crippen molar-refractivity contribution in [2.75, 3.05) is 13.1 Å². The van der Waals surface area contributed by atoms with E-state index in [4.69, 9.17) is 0 Å². The number of likely N-dealkylation sites (tertiary alicyclic amines) is 1. The van der Waals surface area contributed by atoms with Crippen molar-refractivity contribution in [3.05, 3.63) is 138 Å². The summed E-state index contributed by atoms with van der Waals surface area (Å²) in [6.07, 6.45) is 13.2. The minimum Gasteiger partial charge on any atom is -0.299 e. The first-order valence-electron chi connectivity index (χ1n) is 14.8. The molecule has 2 nitrogen and oxygen atoms in total. The highest BCUT2D eigenvalue weighted by Crippen LogP contribution is 2.24. The van der Waals surface area contributed by atoms with E-state index < -0.39 is 0 Å². The van der Waals surface area contributed by atoms with E-state index in [9.17, 15) is 0 Å². The minimum atomic E-state index is 0.588. The van der Waals surface area contributed by atoms with Gasteiger partial charge in [-0.15, -0.1) is 0 Å². The van der Waals surface area contributed by atoms with Gasteiger partial charge in [-0.1, -0.05) is 130 Å². The van der Waals surface area contributed by atoms with E-state index in [0.717, 1.165) is 38.3 Å². The van der Waals surface area contributed by atoms with Crippen LogP contribution >= 0.6 is 0 Å². The minimum absolute atomic E-state index is 0.588. The molecule has 39 heavy (non-hydrogen) atoms. The van der Waals surface area contributed by atoms with Gasteiger partial charge in [0.1, 0.15) is 0 Å². The van der Waals surface area contributed by atoms with Crippen molar-refractivity contribution in [1.82, 2.24) is 9.80 Å². The number of aryl methyl sites for hydroxylation is 1. The number of piperidine rings is 1. The average molecular weight is 519 g/mol. The normalized spacial score (nSPS) is 15.0. The van der Waals surface area contributed by atoms with Gasteiger partial charge in [-0.3, -0.25) is 9.80 Å². The molecule has 0 atom stereocenters. The number of benzene rings is 3. The summed E-state index contributed by atoms with van der Waals surface area (Å²) in [5.41, 5.74) is 7.96. The summed E-state index contributed by atoms with van der Waals surface area (Å²) in [6.45, 7) is 15.4. The number of hydrogen-bond acceptors (Lipinski definition) is 2. The van der Waals surface area contributed by atoms with Crippen molar-refractivity contribution >= 4 is 5.57 Å². The molecule has 0 bridgehead atoms. The molecule has 1 heterocycles. The van der Waals surface area contributed by atoms with E-state index in [2.05, 4.69) is 109 Å².